The first kappa shape index (κ1) is 24.3. The number of fused-ring (bicyclic) bond motifs is 1. The van der Waals surface area contributed by atoms with Gasteiger partial charge in [0.25, 0.3) is 0 Å². The average Bonchev–Trinajstić information content (AvgIpc) is 2.92. The summed E-state index contributed by atoms with van der Waals surface area (Å²) in [6.45, 7) is 5.66. The molecule has 1 aliphatic heterocycles. The van der Waals surface area contributed by atoms with Crippen molar-refractivity contribution in [3.8, 4) is 11.5 Å². The molecule has 0 amide bonds. The lowest BCUT2D eigenvalue weighted by molar-refractivity contribution is 0.442. The van der Waals surface area contributed by atoms with E-state index < -0.39 is 5.82 Å². The van der Waals surface area contributed by atoms with Crippen LogP contribution in [0.1, 0.15) is 25.3 Å². The van der Waals surface area contributed by atoms with E-state index in [0.29, 0.717) is 57.2 Å². The fourth-order valence-electron chi connectivity index (χ4n) is 4.47. The summed E-state index contributed by atoms with van der Waals surface area (Å²) in [6.07, 6.45) is 5.37. The minimum Gasteiger partial charge on any atom is -0.457 e. The summed E-state index contributed by atoms with van der Waals surface area (Å²) in [5.41, 5.74) is 10.1. The van der Waals surface area contributed by atoms with Crippen LogP contribution in [0.3, 0.4) is 0 Å². The van der Waals surface area contributed by atoms with Crippen molar-refractivity contribution in [2.75, 3.05) is 35.7 Å². The molecule has 0 aliphatic carbocycles. The van der Waals surface area contributed by atoms with Crippen molar-refractivity contribution in [2.45, 2.75) is 26.7 Å². The van der Waals surface area contributed by atoms with Gasteiger partial charge in [-0.2, -0.15) is 5.11 Å². The Hall–Kier alpha value is -4.41. The molecule has 1 atom stereocenters. The Morgan fingerprint density at radius 3 is 2.78 bits per heavy atom. The maximum atomic E-state index is 15.4. The second-order valence-corrected chi connectivity index (χ2v) is 9.14. The Balaban J connectivity index is 1.42. The highest BCUT2D eigenvalue weighted by Gasteiger charge is 2.20. The second-order valence-electron chi connectivity index (χ2n) is 9.14. The lowest BCUT2D eigenvalue weighted by Gasteiger charge is -2.30. The van der Waals surface area contributed by atoms with Gasteiger partial charge in [0.15, 0.2) is 11.6 Å². The van der Waals surface area contributed by atoms with Crippen LogP contribution in [0.5, 0.6) is 11.5 Å². The fourth-order valence-corrected chi connectivity index (χ4v) is 4.47. The van der Waals surface area contributed by atoms with Crippen molar-refractivity contribution in [3.05, 3.63) is 54.2 Å². The van der Waals surface area contributed by atoms with Gasteiger partial charge in [-0.05, 0) is 49.9 Å². The summed E-state index contributed by atoms with van der Waals surface area (Å²) in [7, 11) is 1.75. The molecule has 1 aliphatic rings. The molecule has 190 valence electrons. The van der Waals surface area contributed by atoms with E-state index in [-0.39, 0.29) is 5.69 Å². The predicted molar refractivity (Wildman–Crippen MR) is 141 cm³/mol. The van der Waals surface area contributed by atoms with E-state index in [0.717, 1.165) is 19.5 Å². The number of benzene rings is 2. The maximum Gasteiger partial charge on any atom is 0.226 e. The number of hydrogen-bond donors (Lipinski definition) is 3. The monoisotopic (exact) mass is 501 g/mol. The van der Waals surface area contributed by atoms with Crippen molar-refractivity contribution < 1.29 is 9.13 Å². The van der Waals surface area contributed by atoms with Gasteiger partial charge in [0.2, 0.25) is 5.95 Å². The quantitative estimate of drug-likeness (QED) is 0.250. The van der Waals surface area contributed by atoms with E-state index in [4.69, 9.17) is 15.3 Å². The van der Waals surface area contributed by atoms with E-state index in [1.807, 2.05) is 0 Å². The van der Waals surface area contributed by atoms with Crippen molar-refractivity contribution in [1.82, 2.24) is 19.9 Å². The Kier molecular flexibility index (Phi) is 6.76. The molecular formula is C26H28FN9O. The Bertz CT molecular complexity index is 1460. The van der Waals surface area contributed by atoms with Crippen LogP contribution in [0, 0.1) is 24.2 Å². The predicted octanol–water partition coefficient (Wildman–Crippen LogP) is 6.34. The van der Waals surface area contributed by atoms with Crippen LogP contribution in [0.15, 0.2) is 48.0 Å². The first-order chi connectivity index (χ1) is 18.0. The average molecular weight is 502 g/mol. The molecule has 11 heteroatoms. The molecule has 1 fully saturated rings. The Morgan fingerprint density at radius 2 is 2.00 bits per heavy atom. The summed E-state index contributed by atoms with van der Waals surface area (Å²) in [4.78, 5) is 20.0. The van der Waals surface area contributed by atoms with Gasteiger partial charge in [0.1, 0.15) is 34.5 Å². The van der Waals surface area contributed by atoms with Crippen LogP contribution in [-0.4, -0.2) is 40.1 Å². The fraction of sp³-hybridized carbons (Fsp3) is 0.308. The van der Waals surface area contributed by atoms with Crippen molar-refractivity contribution >= 4 is 39.9 Å². The third kappa shape index (κ3) is 4.97. The highest BCUT2D eigenvalue weighted by atomic mass is 19.1. The molecule has 0 bridgehead atoms. The zero-order valence-electron chi connectivity index (χ0n) is 20.9. The van der Waals surface area contributed by atoms with Gasteiger partial charge in [-0.15, -0.1) is 0 Å². The number of aromatic nitrogens is 4. The van der Waals surface area contributed by atoms with Crippen LogP contribution in [-0.2, 0) is 0 Å². The lowest BCUT2D eigenvalue weighted by Crippen LogP contribution is -2.35. The highest BCUT2D eigenvalue weighted by molar-refractivity contribution is 5.87. The van der Waals surface area contributed by atoms with Crippen molar-refractivity contribution in [3.63, 3.8) is 0 Å². The van der Waals surface area contributed by atoms with Gasteiger partial charge >= 0.3 is 0 Å². The SMILES string of the molecule is CNc1ccc(Oc2ccc(Nc3ncnc4cnc(N5CCC[C@H](C)C5)nc34)c(F)c2C)cc1N=N. The first-order valence-corrected chi connectivity index (χ1v) is 12.1. The first-order valence-electron chi connectivity index (χ1n) is 12.1. The molecule has 3 heterocycles. The molecule has 0 unspecified atom stereocenters. The molecule has 0 spiro atoms. The molecule has 1 saturated heterocycles. The number of nitrogens with one attached hydrogen (secondary N) is 3. The summed E-state index contributed by atoms with van der Waals surface area (Å²) >= 11 is 0. The minimum absolute atomic E-state index is 0.240. The third-order valence-electron chi connectivity index (χ3n) is 6.48. The maximum absolute atomic E-state index is 15.4. The van der Waals surface area contributed by atoms with E-state index in [1.165, 1.54) is 12.7 Å². The van der Waals surface area contributed by atoms with Gasteiger partial charge in [0, 0.05) is 31.8 Å². The zero-order valence-corrected chi connectivity index (χ0v) is 20.9. The smallest absolute Gasteiger partial charge is 0.226 e. The van der Waals surface area contributed by atoms with E-state index in [9.17, 15) is 0 Å². The van der Waals surface area contributed by atoms with Gasteiger partial charge in [-0.1, -0.05) is 6.92 Å². The highest BCUT2D eigenvalue weighted by Crippen LogP contribution is 2.35. The lowest BCUT2D eigenvalue weighted by atomic mass is 10.0. The number of piperidine rings is 1. The molecule has 10 nitrogen and oxygen atoms in total. The number of rotatable bonds is 7. The van der Waals surface area contributed by atoms with Crippen LogP contribution in [0.4, 0.5) is 33.2 Å². The molecule has 37 heavy (non-hydrogen) atoms. The number of halogens is 1. The third-order valence-corrected chi connectivity index (χ3v) is 6.48. The van der Waals surface area contributed by atoms with E-state index >= 15 is 4.39 Å². The van der Waals surface area contributed by atoms with Gasteiger partial charge in [-0.25, -0.2) is 29.9 Å². The standard InChI is InChI=1S/C26H28FN9O/c1-15-5-4-10-36(13-15)26-30-12-21-24(34-26)25(32-14-31-21)33-19-8-9-22(16(2)23(19)27)37-17-6-7-18(29-3)20(11-17)35-28/h6-9,11-12,14-15,28-29H,4-5,10,13H2,1-3H3,(H,31,32,33)/t15-/m0/s1. The molecule has 0 saturated carbocycles. The summed E-state index contributed by atoms with van der Waals surface area (Å²) < 4.78 is 21.4. The van der Waals surface area contributed by atoms with Crippen LogP contribution in [0.2, 0.25) is 0 Å². The van der Waals surface area contributed by atoms with Crippen LogP contribution >= 0.6 is 0 Å². The van der Waals surface area contributed by atoms with E-state index in [1.54, 1.807) is 50.5 Å². The number of ether oxygens (including phenoxy) is 1. The topological polar surface area (TPSA) is 124 Å². The second kappa shape index (κ2) is 10.3. The zero-order chi connectivity index (χ0) is 25.9. The molecular weight excluding hydrogens is 473 g/mol. The number of nitrogens with zero attached hydrogens (tertiary/aromatic N) is 6. The van der Waals surface area contributed by atoms with Gasteiger partial charge in [-0.3, -0.25) is 0 Å². The van der Waals surface area contributed by atoms with Gasteiger partial charge in [0.05, 0.1) is 17.6 Å². The normalized spacial score (nSPS) is 15.5. The van der Waals surface area contributed by atoms with E-state index in [2.05, 4.69) is 42.5 Å². The van der Waals surface area contributed by atoms with Crippen molar-refractivity contribution in [1.29, 1.82) is 5.53 Å². The summed E-state index contributed by atoms with van der Waals surface area (Å²) in [5.74, 6) is 1.93. The largest absolute Gasteiger partial charge is 0.457 e. The van der Waals surface area contributed by atoms with Crippen LogP contribution < -0.4 is 20.3 Å². The molecule has 2 aromatic heterocycles. The van der Waals surface area contributed by atoms with Crippen LogP contribution in [0.25, 0.3) is 11.0 Å². The molecule has 3 N–H and O–H groups in total. The summed E-state index contributed by atoms with van der Waals surface area (Å²) in [6, 6.07) is 8.39. The van der Waals surface area contributed by atoms with Gasteiger partial charge < -0.3 is 20.3 Å². The Morgan fingerprint density at radius 1 is 1.16 bits per heavy atom. The van der Waals surface area contributed by atoms with Crippen molar-refractivity contribution in [2.24, 2.45) is 11.0 Å². The molecule has 5 rings (SSSR count). The molecule has 2 aromatic carbocycles. The molecule has 0 radical (unpaired) electrons. The molecule has 4 aromatic rings. The summed E-state index contributed by atoms with van der Waals surface area (Å²) in [5, 5.41) is 9.55. The Labute approximate surface area is 213 Å². The number of anilines is 4. The number of hydrogen-bond acceptors (Lipinski definition) is 10. The minimum atomic E-state index is -0.472.